The van der Waals surface area contributed by atoms with E-state index in [9.17, 15) is 9.59 Å². The highest BCUT2D eigenvalue weighted by atomic mass is 32.2. The molecule has 132 valence electrons. The smallest absolute Gasteiger partial charge is 0.336 e. The lowest BCUT2D eigenvalue weighted by Crippen LogP contribution is -2.19. The maximum absolute atomic E-state index is 12.4. The van der Waals surface area contributed by atoms with Crippen LogP contribution < -0.4 is 10.4 Å². The molecule has 1 atom stereocenters. The van der Waals surface area contributed by atoms with Crippen LogP contribution >= 0.6 is 11.8 Å². The number of ether oxygens (including phenoxy) is 2. The molecule has 0 N–H and O–H groups in total. The molecular formula is C20H16O5S. The molecule has 0 unspecified atom stereocenters. The lowest BCUT2D eigenvalue weighted by molar-refractivity contribution is -0.144. The summed E-state index contributed by atoms with van der Waals surface area (Å²) in [4.78, 5) is 25.4. The SMILES string of the molecule is COc1ccc2c(COC(=O)[C@H]3Cc4ccccc4S3)cc(=O)oc2c1. The van der Waals surface area contributed by atoms with E-state index in [0.29, 0.717) is 23.3 Å². The fourth-order valence-electron chi connectivity index (χ4n) is 3.01. The van der Waals surface area contributed by atoms with Crippen molar-refractivity contribution in [1.29, 1.82) is 0 Å². The van der Waals surface area contributed by atoms with Crippen LogP contribution in [0.3, 0.4) is 0 Å². The largest absolute Gasteiger partial charge is 0.497 e. The predicted octanol–water partition coefficient (Wildman–Crippen LogP) is 3.56. The Labute approximate surface area is 153 Å². The molecule has 0 radical (unpaired) electrons. The van der Waals surface area contributed by atoms with Gasteiger partial charge in [-0.3, -0.25) is 4.79 Å². The van der Waals surface area contributed by atoms with E-state index in [1.165, 1.54) is 17.8 Å². The molecule has 4 rings (SSSR count). The fraction of sp³-hybridized carbons (Fsp3) is 0.200. The van der Waals surface area contributed by atoms with Gasteiger partial charge in [0.1, 0.15) is 23.2 Å². The molecule has 0 spiro atoms. The Balaban J connectivity index is 1.51. The molecule has 0 amide bonds. The van der Waals surface area contributed by atoms with Crippen LogP contribution in [-0.4, -0.2) is 18.3 Å². The number of carbonyl (C=O) groups excluding carboxylic acids is 1. The summed E-state index contributed by atoms with van der Waals surface area (Å²) in [6.07, 6.45) is 0.661. The van der Waals surface area contributed by atoms with Crippen LogP contribution in [0.4, 0.5) is 0 Å². The number of benzene rings is 2. The van der Waals surface area contributed by atoms with E-state index < -0.39 is 5.63 Å². The first-order chi connectivity index (χ1) is 12.6. The molecule has 0 fully saturated rings. The van der Waals surface area contributed by atoms with Gasteiger partial charge < -0.3 is 13.9 Å². The van der Waals surface area contributed by atoms with Gasteiger partial charge in [-0.25, -0.2) is 4.79 Å². The van der Waals surface area contributed by atoms with Crippen LogP contribution in [0.15, 0.2) is 62.6 Å². The van der Waals surface area contributed by atoms with Crippen molar-refractivity contribution in [3.63, 3.8) is 0 Å². The molecule has 3 aromatic rings. The van der Waals surface area contributed by atoms with E-state index in [1.54, 1.807) is 25.3 Å². The van der Waals surface area contributed by atoms with Crippen molar-refractivity contribution >= 4 is 28.7 Å². The number of fused-ring (bicyclic) bond motifs is 2. The highest BCUT2D eigenvalue weighted by Gasteiger charge is 2.29. The number of carbonyl (C=O) groups is 1. The summed E-state index contributed by atoms with van der Waals surface area (Å²) in [5, 5.41) is 0.472. The van der Waals surface area contributed by atoms with Crippen LogP contribution in [0.1, 0.15) is 11.1 Å². The van der Waals surface area contributed by atoms with Crippen molar-refractivity contribution in [1.82, 2.24) is 0 Å². The van der Waals surface area contributed by atoms with E-state index in [2.05, 4.69) is 0 Å². The zero-order chi connectivity index (χ0) is 18.1. The number of esters is 1. The molecule has 1 aliphatic heterocycles. The summed E-state index contributed by atoms with van der Waals surface area (Å²) in [5.74, 6) is 0.316. The average molecular weight is 368 g/mol. The number of hydrogen-bond donors (Lipinski definition) is 0. The Hall–Kier alpha value is -2.73. The molecule has 0 saturated carbocycles. The summed E-state index contributed by atoms with van der Waals surface area (Å²) >= 11 is 1.52. The van der Waals surface area contributed by atoms with Crippen LogP contribution in [0, 0.1) is 0 Å². The minimum Gasteiger partial charge on any atom is -0.497 e. The number of rotatable bonds is 4. The van der Waals surface area contributed by atoms with Gasteiger partial charge in [-0.2, -0.15) is 0 Å². The second-order valence-electron chi connectivity index (χ2n) is 5.98. The normalized spacial score (nSPS) is 15.7. The molecule has 1 aliphatic rings. The molecule has 1 aromatic heterocycles. The molecule has 0 bridgehead atoms. The Morgan fingerprint density at radius 3 is 2.88 bits per heavy atom. The van der Waals surface area contributed by atoms with Gasteiger partial charge in [0.25, 0.3) is 0 Å². The average Bonchev–Trinajstić information content (AvgIpc) is 3.09. The predicted molar refractivity (Wildman–Crippen MR) is 98.6 cm³/mol. The molecular weight excluding hydrogens is 352 g/mol. The van der Waals surface area contributed by atoms with Crippen molar-refractivity contribution < 1.29 is 18.7 Å². The number of hydrogen-bond acceptors (Lipinski definition) is 6. The van der Waals surface area contributed by atoms with Gasteiger partial charge in [0.05, 0.1) is 7.11 Å². The summed E-state index contributed by atoms with van der Waals surface area (Å²) in [7, 11) is 1.54. The second kappa shape index (κ2) is 6.88. The fourth-order valence-corrected chi connectivity index (χ4v) is 4.21. The first-order valence-corrected chi connectivity index (χ1v) is 9.04. The van der Waals surface area contributed by atoms with Crippen molar-refractivity contribution in [3.8, 4) is 5.75 Å². The van der Waals surface area contributed by atoms with E-state index in [4.69, 9.17) is 13.9 Å². The Morgan fingerprint density at radius 2 is 2.08 bits per heavy atom. The van der Waals surface area contributed by atoms with Crippen LogP contribution in [0.2, 0.25) is 0 Å². The molecule has 0 saturated heterocycles. The van der Waals surface area contributed by atoms with Crippen molar-refractivity contribution in [2.45, 2.75) is 23.2 Å². The van der Waals surface area contributed by atoms with E-state index in [0.717, 1.165) is 15.8 Å². The molecule has 2 heterocycles. The third kappa shape index (κ3) is 3.20. The van der Waals surface area contributed by atoms with Crippen LogP contribution in [-0.2, 0) is 22.6 Å². The topological polar surface area (TPSA) is 65.7 Å². The number of methoxy groups -OCH3 is 1. The minimum atomic E-state index is -0.487. The third-order valence-corrected chi connectivity index (χ3v) is 5.61. The molecule has 26 heavy (non-hydrogen) atoms. The summed E-state index contributed by atoms with van der Waals surface area (Å²) in [6.45, 7) is 0.0284. The van der Waals surface area contributed by atoms with Gasteiger partial charge in [-0.1, -0.05) is 18.2 Å². The Kier molecular flexibility index (Phi) is 4.42. The second-order valence-corrected chi connectivity index (χ2v) is 7.22. The number of thioether (sulfide) groups is 1. The zero-order valence-corrected chi connectivity index (χ0v) is 14.9. The molecule has 5 nitrogen and oxygen atoms in total. The lowest BCUT2D eigenvalue weighted by atomic mass is 10.1. The summed E-state index contributed by atoms with van der Waals surface area (Å²) < 4.78 is 15.9. The van der Waals surface area contributed by atoms with Gasteiger partial charge in [-0.15, -0.1) is 11.8 Å². The van der Waals surface area contributed by atoms with Gasteiger partial charge in [-0.05, 0) is 30.2 Å². The van der Waals surface area contributed by atoms with Gasteiger partial charge in [0.2, 0.25) is 0 Å². The zero-order valence-electron chi connectivity index (χ0n) is 14.1. The van der Waals surface area contributed by atoms with Gasteiger partial charge in [0, 0.05) is 28.0 Å². The van der Waals surface area contributed by atoms with Gasteiger partial charge >= 0.3 is 11.6 Å². The standard InChI is InChI=1S/C20H16O5S/c1-23-14-6-7-15-13(9-19(21)25-16(15)10-14)11-24-20(22)18-8-12-4-2-3-5-17(12)26-18/h2-7,9-10,18H,8,11H2,1H3/t18-/m1/s1. The highest BCUT2D eigenvalue weighted by Crippen LogP contribution is 2.37. The molecule has 2 aromatic carbocycles. The minimum absolute atomic E-state index is 0.0284. The highest BCUT2D eigenvalue weighted by molar-refractivity contribution is 8.01. The third-order valence-electron chi connectivity index (χ3n) is 4.32. The van der Waals surface area contributed by atoms with E-state index >= 15 is 0 Å². The molecule has 0 aliphatic carbocycles. The van der Waals surface area contributed by atoms with E-state index in [1.807, 2.05) is 24.3 Å². The lowest BCUT2D eigenvalue weighted by Gasteiger charge is -2.11. The first kappa shape index (κ1) is 16.7. The summed E-state index contributed by atoms with van der Waals surface area (Å²) in [5.41, 5.74) is 1.70. The van der Waals surface area contributed by atoms with E-state index in [-0.39, 0.29) is 17.8 Å². The Morgan fingerprint density at radius 1 is 1.23 bits per heavy atom. The molecule has 6 heteroatoms. The monoisotopic (exact) mass is 368 g/mol. The van der Waals surface area contributed by atoms with Crippen molar-refractivity contribution in [2.24, 2.45) is 0 Å². The Bertz CT molecular complexity index is 1010. The van der Waals surface area contributed by atoms with Crippen molar-refractivity contribution in [2.75, 3.05) is 7.11 Å². The van der Waals surface area contributed by atoms with Crippen LogP contribution in [0.25, 0.3) is 11.0 Å². The van der Waals surface area contributed by atoms with Crippen LogP contribution in [0.5, 0.6) is 5.75 Å². The maximum Gasteiger partial charge on any atom is 0.336 e. The maximum atomic E-state index is 12.4. The summed E-state index contributed by atoms with van der Waals surface area (Å²) in [6, 6.07) is 14.5. The van der Waals surface area contributed by atoms with Crippen molar-refractivity contribution in [3.05, 3.63) is 70.1 Å². The van der Waals surface area contributed by atoms with Gasteiger partial charge in [0.15, 0.2) is 0 Å². The first-order valence-electron chi connectivity index (χ1n) is 8.16. The quantitative estimate of drug-likeness (QED) is 0.518.